The predicted molar refractivity (Wildman–Crippen MR) is 87.5 cm³/mol. The third-order valence-corrected chi connectivity index (χ3v) is 3.47. The molecule has 5 nitrogen and oxygen atoms in total. The van der Waals surface area contributed by atoms with Crippen LogP contribution in [0.25, 0.3) is 10.8 Å². The van der Waals surface area contributed by atoms with E-state index in [1.807, 2.05) is 42.5 Å². The molecule has 5 heteroatoms. The van der Waals surface area contributed by atoms with E-state index in [2.05, 4.69) is 15.8 Å². The van der Waals surface area contributed by atoms with Crippen molar-refractivity contribution in [3.8, 4) is 0 Å². The van der Waals surface area contributed by atoms with E-state index < -0.39 is 5.91 Å². The maximum absolute atomic E-state index is 12.1. The lowest BCUT2D eigenvalue weighted by Crippen LogP contribution is -2.42. The number of hydrogen-bond acceptors (Lipinski definition) is 3. The number of hydrogen-bond donors (Lipinski definition) is 2. The first-order valence-corrected chi connectivity index (χ1v) is 7.20. The highest BCUT2D eigenvalue weighted by Crippen LogP contribution is 2.18. The van der Waals surface area contributed by atoms with Gasteiger partial charge in [0.2, 0.25) is 5.91 Å². The predicted octanol–water partition coefficient (Wildman–Crippen LogP) is 2.24. The van der Waals surface area contributed by atoms with Crippen molar-refractivity contribution in [3.63, 3.8) is 0 Å². The number of nitrogens with zero attached hydrogens (tertiary/aromatic N) is 1. The van der Waals surface area contributed by atoms with Crippen molar-refractivity contribution in [1.82, 2.24) is 15.8 Å². The Labute approximate surface area is 133 Å². The van der Waals surface area contributed by atoms with Gasteiger partial charge in [0.05, 0.1) is 12.0 Å². The topological polar surface area (TPSA) is 71.1 Å². The lowest BCUT2D eigenvalue weighted by molar-refractivity contribution is -0.121. The highest BCUT2D eigenvalue weighted by Gasteiger charge is 2.09. The van der Waals surface area contributed by atoms with Crippen LogP contribution in [-0.4, -0.2) is 16.8 Å². The molecule has 2 amide bonds. The Morgan fingerprint density at radius 3 is 2.57 bits per heavy atom. The number of pyridine rings is 1. The van der Waals surface area contributed by atoms with Crippen LogP contribution in [0.15, 0.2) is 67.0 Å². The Balaban J connectivity index is 1.64. The van der Waals surface area contributed by atoms with Gasteiger partial charge in [0, 0.05) is 12.4 Å². The van der Waals surface area contributed by atoms with E-state index in [4.69, 9.17) is 0 Å². The lowest BCUT2D eigenvalue weighted by Gasteiger charge is -2.09. The van der Waals surface area contributed by atoms with Crippen molar-refractivity contribution in [2.45, 2.75) is 6.42 Å². The second-order valence-corrected chi connectivity index (χ2v) is 5.06. The Kier molecular flexibility index (Phi) is 4.29. The summed E-state index contributed by atoms with van der Waals surface area (Å²) >= 11 is 0. The van der Waals surface area contributed by atoms with Crippen LogP contribution < -0.4 is 10.9 Å². The van der Waals surface area contributed by atoms with E-state index in [0.29, 0.717) is 5.56 Å². The van der Waals surface area contributed by atoms with Crippen molar-refractivity contribution in [1.29, 1.82) is 0 Å². The Hall–Kier alpha value is -3.21. The van der Waals surface area contributed by atoms with Gasteiger partial charge in [-0.3, -0.25) is 25.4 Å². The van der Waals surface area contributed by atoms with E-state index in [1.54, 1.807) is 18.3 Å². The molecule has 0 aliphatic rings. The first-order valence-electron chi connectivity index (χ1n) is 7.20. The first kappa shape index (κ1) is 14.7. The quantitative estimate of drug-likeness (QED) is 0.729. The van der Waals surface area contributed by atoms with E-state index in [-0.39, 0.29) is 12.3 Å². The van der Waals surface area contributed by atoms with Gasteiger partial charge in [-0.05, 0) is 28.5 Å². The number of fused-ring (bicyclic) bond motifs is 1. The molecule has 0 radical (unpaired) electrons. The Morgan fingerprint density at radius 1 is 0.913 bits per heavy atom. The molecular weight excluding hydrogens is 290 g/mol. The SMILES string of the molecule is O=C(Cc1cccc2ccccc12)NNC(=O)c1cccnc1. The van der Waals surface area contributed by atoms with Crippen LogP contribution in [-0.2, 0) is 11.2 Å². The zero-order valence-corrected chi connectivity index (χ0v) is 12.3. The van der Waals surface area contributed by atoms with Crippen LogP contribution in [0.1, 0.15) is 15.9 Å². The smallest absolute Gasteiger partial charge is 0.271 e. The molecule has 0 fully saturated rings. The molecule has 0 saturated carbocycles. The van der Waals surface area contributed by atoms with Gasteiger partial charge >= 0.3 is 0 Å². The molecule has 0 spiro atoms. The number of carbonyl (C=O) groups excluding carboxylic acids is 2. The summed E-state index contributed by atoms with van der Waals surface area (Å²) in [6.07, 6.45) is 3.21. The summed E-state index contributed by atoms with van der Waals surface area (Å²) in [5.74, 6) is -0.678. The van der Waals surface area contributed by atoms with E-state index in [0.717, 1.165) is 16.3 Å². The normalized spacial score (nSPS) is 10.3. The minimum Gasteiger partial charge on any atom is -0.273 e. The lowest BCUT2D eigenvalue weighted by atomic mass is 10.0. The number of hydrazine groups is 1. The molecule has 0 aliphatic carbocycles. The fraction of sp³-hybridized carbons (Fsp3) is 0.0556. The zero-order chi connectivity index (χ0) is 16.1. The highest BCUT2D eigenvalue weighted by atomic mass is 16.2. The summed E-state index contributed by atoms with van der Waals surface area (Å²) in [6.45, 7) is 0. The molecule has 0 aliphatic heterocycles. The van der Waals surface area contributed by atoms with Crippen LogP contribution >= 0.6 is 0 Å². The second-order valence-electron chi connectivity index (χ2n) is 5.06. The summed E-state index contributed by atoms with van der Waals surface area (Å²) in [7, 11) is 0. The number of benzene rings is 2. The molecule has 2 N–H and O–H groups in total. The molecule has 0 unspecified atom stereocenters. The Bertz CT molecular complexity index is 842. The molecule has 114 valence electrons. The summed E-state index contributed by atoms with van der Waals surface area (Å²) in [5.41, 5.74) is 6.12. The van der Waals surface area contributed by atoms with Crippen LogP contribution in [0.5, 0.6) is 0 Å². The Morgan fingerprint density at radius 2 is 1.74 bits per heavy atom. The number of nitrogens with one attached hydrogen (secondary N) is 2. The van der Waals surface area contributed by atoms with Crippen LogP contribution in [0.4, 0.5) is 0 Å². The third-order valence-electron chi connectivity index (χ3n) is 3.47. The molecule has 3 rings (SSSR count). The molecule has 0 saturated heterocycles. The van der Waals surface area contributed by atoms with Crippen molar-refractivity contribution in [2.24, 2.45) is 0 Å². The fourth-order valence-corrected chi connectivity index (χ4v) is 2.36. The maximum atomic E-state index is 12.1. The molecule has 23 heavy (non-hydrogen) atoms. The summed E-state index contributed by atoms with van der Waals surface area (Å²) < 4.78 is 0. The first-order chi connectivity index (χ1) is 11.2. The minimum atomic E-state index is -0.399. The van der Waals surface area contributed by atoms with Gasteiger partial charge in [0.15, 0.2) is 0 Å². The average molecular weight is 305 g/mol. The summed E-state index contributed by atoms with van der Waals surface area (Å²) in [6, 6.07) is 17.0. The molecular formula is C18H15N3O2. The molecule has 1 heterocycles. The molecule has 0 atom stereocenters. The van der Waals surface area contributed by atoms with Crippen LogP contribution in [0, 0.1) is 0 Å². The summed E-state index contributed by atoms with van der Waals surface area (Å²) in [5, 5.41) is 2.11. The number of amides is 2. The van der Waals surface area contributed by atoms with Crippen molar-refractivity contribution in [3.05, 3.63) is 78.1 Å². The minimum absolute atomic E-state index is 0.189. The summed E-state index contributed by atoms with van der Waals surface area (Å²) in [4.78, 5) is 27.8. The fourth-order valence-electron chi connectivity index (χ4n) is 2.36. The van der Waals surface area contributed by atoms with E-state index in [1.165, 1.54) is 6.20 Å². The van der Waals surface area contributed by atoms with Gasteiger partial charge in [0.25, 0.3) is 5.91 Å². The standard InChI is InChI=1S/C18H15N3O2/c22-17(20-21-18(23)15-8-4-10-19-12-15)11-14-7-3-6-13-5-1-2-9-16(13)14/h1-10,12H,11H2,(H,20,22)(H,21,23). The van der Waals surface area contributed by atoms with Gasteiger partial charge in [-0.15, -0.1) is 0 Å². The highest BCUT2D eigenvalue weighted by molar-refractivity contribution is 5.96. The second kappa shape index (κ2) is 6.70. The third kappa shape index (κ3) is 3.52. The molecule has 2 aromatic carbocycles. The molecule has 1 aromatic heterocycles. The monoisotopic (exact) mass is 305 g/mol. The van der Waals surface area contributed by atoms with E-state index in [9.17, 15) is 9.59 Å². The van der Waals surface area contributed by atoms with Crippen molar-refractivity contribution < 1.29 is 9.59 Å². The zero-order valence-electron chi connectivity index (χ0n) is 12.3. The van der Waals surface area contributed by atoms with E-state index >= 15 is 0 Å². The number of aromatic nitrogens is 1. The van der Waals surface area contributed by atoms with Gasteiger partial charge in [0.1, 0.15) is 0 Å². The van der Waals surface area contributed by atoms with Crippen LogP contribution in [0.3, 0.4) is 0 Å². The largest absolute Gasteiger partial charge is 0.273 e. The van der Waals surface area contributed by atoms with Crippen molar-refractivity contribution >= 4 is 22.6 Å². The van der Waals surface area contributed by atoms with Crippen molar-refractivity contribution in [2.75, 3.05) is 0 Å². The number of rotatable bonds is 3. The van der Waals surface area contributed by atoms with Gasteiger partial charge in [-0.1, -0.05) is 42.5 Å². The molecule has 3 aromatic rings. The van der Waals surface area contributed by atoms with Gasteiger partial charge in [-0.2, -0.15) is 0 Å². The van der Waals surface area contributed by atoms with Gasteiger partial charge in [-0.25, -0.2) is 0 Å². The molecule has 0 bridgehead atoms. The number of carbonyl (C=O) groups is 2. The average Bonchev–Trinajstić information content (AvgIpc) is 2.61. The van der Waals surface area contributed by atoms with Gasteiger partial charge < -0.3 is 0 Å². The van der Waals surface area contributed by atoms with Crippen LogP contribution in [0.2, 0.25) is 0 Å². The maximum Gasteiger partial charge on any atom is 0.271 e.